The summed E-state index contributed by atoms with van der Waals surface area (Å²) in [5.74, 6) is -0.259. The predicted molar refractivity (Wildman–Crippen MR) is 62.8 cm³/mol. The van der Waals surface area contributed by atoms with Crippen LogP contribution in [-0.2, 0) is 0 Å². The maximum atomic E-state index is 12.8. The summed E-state index contributed by atoms with van der Waals surface area (Å²) >= 11 is 0. The van der Waals surface area contributed by atoms with E-state index in [1.165, 1.54) is 17.0 Å². The lowest BCUT2D eigenvalue weighted by Crippen LogP contribution is -2.61. The van der Waals surface area contributed by atoms with Crippen LogP contribution in [0.15, 0.2) is 24.3 Å². The quantitative estimate of drug-likeness (QED) is 0.876. The number of carboxylic acid groups (broad SMARTS) is 1. The fraction of sp³-hybridized carbons (Fsp3) is 0.417. The molecule has 1 saturated heterocycles. The first kappa shape index (κ1) is 11.7. The lowest BCUT2D eigenvalue weighted by molar-refractivity contribution is 0.104. The fourth-order valence-corrected chi connectivity index (χ4v) is 2.09. The van der Waals surface area contributed by atoms with Gasteiger partial charge in [0.05, 0.1) is 6.04 Å². The van der Waals surface area contributed by atoms with Crippen LogP contribution in [0.1, 0.15) is 6.92 Å². The summed E-state index contributed by atoms with van der Waals surface area (Å²) in [6, 6.07) is 6.49. The Morgan fingerprint density at radius 1 is 1.47 bits per heavy atom. The molecule has 0 saturated carbocycles. The van der Waals surface area contributed by atoms with Crippen LogP contribution >= 0.6 is 0 Å². The highest BCUT2D eigenvalue weighted by molar-refractivity contribution is 5.67. The molecule has 0 atom stereocenters. The summed E-state index contributed by atoms with van der Waals surface area (Å²) in [5.41, 5.74) is 0.934. The van der Waals surface area contributed by atoms with Gasteiger partial charge < -0.3 is 14.9 Å². The molecule has 1 aromatic carbocycles. The number of hydrogen-bond donors (Lipinski definition) is 1. The number of anilines is 1. The Hall–Kier alpha value is -1.78. The minimum Gasteiger partial charge on any atom is -0.465 e. The maximum absolute atomic E-state index is 12.8. The van der Waals surface area contributed by atoms with Crippen molar-refractivity contribution in [2.24, 2.45) is 0 Å². The highest BCUT2D eigenvalue weighted by Crippen LogP contribution is 2.22. The van der Waals surface area contributed by atoms with Crippen molar-refractivity contribution in [2.45, 2.75) is 13.0 Å². The Morgan fingerprint density at radius 3 is 2.53 bits per heavy atom. The number of likely N-dealkylation sites (tertiary alicyclic amines) is 1. The number of likely N-dealkylation sites (N-methyl/N-ethyl adjacent to an activating group) is 1. The van der Waals surface area contributed by atoms with Gasteiger partial charge in [-0.2, -0.15) is 0 Å². The van der Waals surface area contributed by atoms with Gasteiger partial charge in [0, 0.05) is 25.3 Å². The lowest BCUT2D eigenvalue weighted by atomic mass is 10.1. The van der Waals surface area contributed by atoms with E-state index in [-0.39, 0.29) is 11.9 Å². The van der Waals surface area contributed by atoms with Crippen LogP contribution in [0.5, 0.6) is 0 Å². The van der Waals surface area contributed by atoms with Crippen LogP contribution in [0.3, 0.4) is 0 Å². The van der Waals surface area contributed by atoms with Gasteiger partial charge in [-0.05, 0) is 31.2 Å². The fourth-order valence-electron chi connectivity index (χ4n) is 2.09. The van der Waals surface area contributed by atoms with Crippen molar-refractivity contribution in [3.05, 3.63) is 30.1 Å². The van der Waals surface area contributed by atoms with Crippen molar-refractivity contribution in [3.8, 4) is 0 Å². The second-order valence-corrected chi connectivity index (χ2v) is 4.10. The third-order valence-electron chi connectivity index (χ3n) is 3.07. The number of halogens is 1. The van der Waals surface area contributed by atoms with Gasteiger partial charge in [-0.15, -0.1) is 0 Å². The molecule has 0 radical (unpaired) electrons. The van der Waals surface area contributed by atoms with Gasteiger partial charge >= 0.3 is 6.09 Å². The Kier molecular flexibility index (Phi) is 3.17. The molecular formula is C12H15FN2O2. The Balaban J connectivity index is 2.03. The zero-order valence-corrected chi connectivity index (χ0v) is 9.64. The zero-order chi connectivity index (χ0) is 12.4. The van der Waals surface area contributed by atoms with Gasteiger partial charge in [-0.3, -0.25) is 0 Å². The molecule has 1 N–H and O–H groups in total. The normalized spacial score (nSPS) is 15.5. The van der Waals surface area contributed by atoms with Crippen molar-refractivity contribution in [2.75, 3.05) is 24.5 Å². The third kappa shape index (κ3) is 2.33. The second kappa shape index (κ2) is 4.61. The zero-order valence-electron chi connectivity index (χ0n) is 9.64. The Bertz CT molecular complexity index is 401. The SMILES string of the molecule is CCN(c1ccc(F)cc1)C1CN(C(=O)O)C1. The average molecular weight is 238 g/mol. The summed E-state index contributed by atoms with van der Waals surface area (Å²) in [6.07, 6.45) is -0.878. The van der Waals surface area contributed by atoms with Crippen molar-refractivity contribution in [3.63, 3.8) is 0 Å². The van der Waals surface area contributed by atoms with E-state index in [1.54, 1.807) is 12.1 Å². The van der Waals surface area contributed by atoms with Gasteiger partial charge in [0.1, 0.15) is 5.82 Å². The largest absolute Gasteiger partial charge is 0.465 e. The van der Waals surface area contributed by atoms with Crippen LogP contribution in [0.25, 0.3) is 0 Å². The number of nitrogens with zero attached hydrogens (tertiary/aromatic N) is 2. The molecular weight excluding hydrogens is 223 g/mol. The molecule has 1 aromatic rings. The van der Waals surface area contributed by atoms with Crippen LogP contribution < -0.4 is 4.90 Å². The Morgan fingerprint density at radius 2 is 2.06 bits per heavy atom. The standard InChI is InChI=1S/C12H15FN2O2/c1-2-15(10-5-3-9(13)4-6-10)11-7-14(8-11)12(16)17/h3-6,11H,2,7-8H2,1H3,(H,16,17). The molecule has 0 spiro atoms. The van der Waals surface area contributed by atoms with Crippen molar-refractivity contribution in [1.29, 1.82) is 0 Å². The molecule has 92 valence electrons. The van der Waals surface area contributed by atoms with Gasteiger partial charge in [-0.25, -0.2) is 9.18 Å². The highest BCUT2D eigenvalue weighted by atomic mass is 19.1. The highest BCUT2D eigenvalue weighted by Gasteiger charge is 2.34. The molecule has 0 aliphatic carbocycles. The molecule has 1 aliphatic rings. The third-order valence-corrected chi connectivity index (χ3v) is 3.07. The molecule has 1 amide bonds. The molecule has 0 unspecified atom stereocenters. The van der Waals surface area contributed by atoms with Gasteiger partial charge in [0.15, 0.2) is 0 Å². The van der Waals surface area contributed by atoms with E-state index in [1.807, 2.05) is 6.92 Å². The predicted octanol–water partition coefficient (Wildman–Crippen LogP) is 2.01. The van der Waals surface area contributed by atoms with E-state index < -0.39 is 6.09 Å². The number of hydrogen-bond acceptors (Lipinski definition) is 2. The first-order chi connectivity index (χ1) is 8.11. The molecule has 1 aliphatic heterocycles. The topological polar surface area (TPSA) is 43.8 Å². The molecule has 2 rings (SSSR count). The second-order valence-electron chi connectivity index (χ2n) is 4.10. The average Bonchev–Trinajstić information content (AvgIpc) is 2.23. The van der Waals surface area contributed by atoms with Crippen LogP contribution in [0, 0.1) is 5.82 Å². The van der Waals surface area contributed by atoms with E-state index in [0.29, 0.717) is 13.1 Å². The molecule has 4 nitrogen and oxygen atoms in total. The first-order valence-corrected chi connectivity index (χ1v) is 5.62. The number of carbonyl (C=O) groups is 1. The van der Waals surface area contributed by atoms with Gasteiger partial charge in [-0.1, -0.05) is 0 Å². The van der Waals surface area contributed by atoms with Crippen LogP contribution in [0.4, 0.5) is 14.9 Å². The molecule has 0 aromatic heterocycles. The van der Waals surface area contributed by atoms with Crippen molar-refractivity contribution >= 4 is 11.8 Å². The summed E-state index contributed by atoms with van der Waals surface area (Å²) < 4.78 is 12.8. The molecule has 1 fully saturated rings. The van der Waals surface area contributed by atoms with Gasteiger partial charge in [0.2, 0.25) is 0 Å². The van der Waals surface area contributed by atoms with E-state index in [2.05, 4.69) is 4.90 Å². The maximum Gasteiger partial charge on any atom is 0.407 e. The smallest absolute Gasteiger partial charge is 0.407 e. The first-order valence-electron chi connectivity index (χ1n) is 5.62. The van der Waals surface area contributed by atoms with E-state index in [9.17, 15) is 9.18 Å². The number of amides is 1. The van der Waals surface area contributed by atoms with E-state index in [0.717, 1.165) is 12.2 Å². The van der Waals surface area contributed by atoms with E-state index in [4.69, 9.17) is 5.11 Å². The molecule has 0 bridgehead atoms. The number of rotatable bonds is 3. The van der Waals surface area contributed by atoms with Crippen LogP contribution in [-0.4, -0.2) is 41.8 Å². The summed E-state index contributed by atoms with van der Waals surface area (Å²) in [4.78, 5) is 14.1. The van der Waals surface area contributed by atoms with Gasteiger partial charge in [0.25, 0.3) is 0 Å². The molecule has 1 heterocycles. The summed E-state index contributed by atoms with van der Waals surface area (Å²) in [5, 5.41) is 8.77. The monoisotopic (exact) mass is 238 g/mol. The van der Waals surface area contributed by atoms with Crippen LogP contribution in [0.2, 0.25) is 0 Å². The minimum absolute atomic E-state index is 0.196. The summed E-state index contributed by atoms with van der Waals surface area (Å²) in [6.45, 7) is 3.82. The molecule has 5 heteroatoms. The molecule has 17 heavy (non-hydrogen) atoms. The minimum atomic E-state index is -0.878. The van der Waals surface area contributed by atoms with E-state index >= 15 is 0 Å². The Labute approximate surface area is 99.3 Å². The number of benzene rings is 1. The van der Waals surface area contributed by atoms with Crippen molar-refractivity contribution in [1.82, 2.24) is 4.90 Å². The summed E-state index contributed by atoms with van der Waals surface area (Å²) in [7, 11) is 0. The van der Waals surface area contributed by atoms with Crippen molar-refractivity contribution < 1.29 is 14.3 Å². The lowest BCUT2D eigenvalue weighted by Gasteiger charge is -2.44.